The van der Waals surface area contributed by atoms with Crippen molar-refractivity contribution in [1.29, 1.82) is 0 Å². The molecule has 0 heterocycles. The molecule has 0 radical (unpaired) electrons. The van der Waals surface area contributed by atoms with Crippen molar-refractivity contribution in [2.45, 2.75) is 84.2 Å². The first-order valence-corrected chi connectivity index (χ1v) is 14.3. The molecule has 2 N–H and O–H groups in total. The fourth-order valence-corrected chi connectivity index (χ4v) is 4.45. The molecular weight excluding hydrogens is 488 g/mol. The van der Waals surface area contributed by atoms with Crippen LogP contribution in [0, 0.1) is 0 Å². The SMILES string of the molecule is CCCCCCc1ccccc1OC(=O)NC(NC(=O)Oc1ccccc1CCCCCC)c1ccccc1. The Morgan fingerprint density at radius 1 is 0.590 bits per heavy atom. The first kappa shape index (κ1) is 29.8. The van der Waals surface area contributed by atoms with Gasteiger partial charge in [0.25, 0.3) is 0 Å². The number of unbranched alkanes of at least 4 members (excludes halogenated alkanes) is 6. The van der Waals surface area contributed by atoms with Crippen molar-refractivity contribution >= 4 is 12.2 Å². The van der Waals surface area contributed by atoms with Crippen LogP contribution in [-0.4, -0.2) is 12.2 Å². The Morgan fingerprint density at radius 3 is 1.49 bits per heavy atom. The molecule has 3 rings (SSSR count). The van der Waals surface area contributed by atoms with E-state index in [1.54, 1.807) is 12.1 Å². The maximum absolute atomic E-state index is 13.0. The van der Waals surface area contributed by atoms with E-state index in [0.717, 1.165) is 49.7 Å². The Labute approximate surface area is 233 Å². The molecule has 6 heteroatoms. The molecule has 0 saturated heterocycles. The van der Waals surface area contributed by atoms with E-state index in [-0.39, 0.29) is 0 Å². The Balaban J connectivity index is 1.65. The van der Waals surface area contributed by atoms with Crippen LogP contribution in [0.2, 0.25) is 0 Å². The highest BCUT2D eigenvalue weighted by molar-refractivity contribution is 5.74. The molecule has 0 aliphatic carbocycles. The van der Waals surface area contributed by atoms with E-state index < -0.39 is 18.4 Å². The molecule has 2 amide bonds. The number of para-hydroxylation sites is 2. The van der Waals surface area contributed by atoms with E-state index in [0.29, 0.717) is 17.1 Å². The maximum Gasteiger partial charge on any atom is 0.414 e. The predicted octanol–water partition coefficient (Wildman–Crippen LogP) is 8.51. The zero-order valence-corrected chi connectivity index (χ0v) is 23.3. The summed E-state index contributed by atoms with van der Waals surface area (Å²) in [6.45, 7) is 4.36. The highest BCUT2D eigenvalue weighted by Crippen LogP contribution is 2.23. The molecule has 0 fully saturated rings. The number of hydrogen-bond acceptors (Lipinski definition) is 4. The van der Waals surface area contributed by atoms with Crippen molar-refractivity contribution in [3.63, 3.8) is 0 Å². The third kappa shape index (κ3) is 10.5. The number of nitrogens with one attached hydrogen (secondary N) is 2. The topological polar surface area (TPSA) is 76.7 Å². The molecule has 208 valence electrons. The van der Waals surface area contributed by atoms with Gasteiger partial charge in [0.2, 0.25) is 0 Å². The molecule has 0 aromatic heterocycles. The molecule has 3 aromatic carbocycles. The standard InChI is InChI=1S/C33H42N2O4/c1-3-5-7-10-18-26-20-14-16-24-29(26)38-32(36)34-31(28-22-12-9-13-23-28)35-33(37)39-30-25-17-15-21-27(30)19-11-8-6-4-2/h9,12-17,20-25,31H,3-8,10-11,18-19H2,1-2H3,(H,34,36)(H,35,37). The van der Waals surface area contributed by atoms with Crippen molar-refractivity contribution in [2.75, 3.05) is 0 Å². The van der Waals surface area contributed by atoms with Crippen molar-refractivity contribution in [3.05, 3.63) is 95.6 Å². The van der Waals surface area contributed by atoms with Gasteiger partial charge >= 0.3 is 12.2 Å². The Kier molecular flexibility index (Phi) is 12.9. The number of ether oxygens (including phenoxy) is 2. The summed E-state index contributed by atoms with van der Waals surface area (Å²) in [5, 5.41) is 5.58. The van der Waals surface area contributed by atoms with E-state index in [9.17, 15) is 9.59 Å². The lowest BCUT2D eigenvalue weighted by Crippen LogP contribution is -2.43. The summed E-state index contributed by atoms with van der Waals surface area (Å²) in [5.41, 5.74) is 2.68. The second-order valence-electron chi connectivity index (χ2n) is 9.75. The van der Waals surface area contributed by atoms with Gasteiger partial charge in [-0.25, -0.2) is 9.59 Å². The molecule has 0 bridgehead atoms. The second kappa shape index (κ2) is 16.9. The molecule has 0 atom stereocenters. The summed E-state index contributed by atoms with van der Waals surface area (Å²) >= 11 is 0. The van der Waals surface area contributed by atoms with E-state index in [4.69, 9.17) is 9.47 Å². The first-order valence-electron chi connectivity index (χ1n) is 14.3. The van der Waals surface area contributed by atoms with E-state index in [1.807, 2.05) is 66.7 Å². The van der Waals surface area contributed by atoms with Crippen LogP contribution in [-0.2, 0) is 12.8 Å². The van der Waals surface area contributed by atoms with Gasteiger partial charge in [0.15, 0.2) is 0 Å². The minimum absolute atomic E-state index is 0.526. The summed E-state index contributed by atoms with van der Waals surface area (Å²) < 4.78 is 11.4. The van der Waals surface area contributed by atoms with Gasteiger partial charge in [0.05, 0.1) is 0 Å². The van der Waals surface area contributed by atoms with Gasteiger partial charge in [0.1, 0.15) is 17.7 Å². The van der Waals surface area contributed by atoms with Gasteiger partial charge in [-0.1, -0.05) is 119 Å². The first-order chi connectivity index (χ1) is 19.1. The molecule has 3 aromatic rings. The number of amides is 2. The third-order valence-electron chi connectivity index (χ3n) is 6.61. The van der Waals surface area contributed by atoms with Gasteiger partial charge in [-0.2, -0.15) is 0 Å². The number of carbonyl (C=O) groups is 2. The average Bonchev–Trinajstić information content (AvgIpc) is 2.95. The Morgan fingerprint density at radius 2 is 1.03 bits per heavy atom. The predicted molar refractivity (Wildman–Crippen MR) is 156 cm³/mol. The van der Waals surface area contributed by atoms with E-state index >= 15 is 0 Å². The summed E-state index contributed by atoms with van der Waals surface area (Å²) in [4.78, 5) is 25.9. The summed E-state index contributed by atoms with van der Waals surface area (Å²) in [6.07, 6.45) is 8.61. The highest BCUT2D eigenvalue weighted by atomic mass is 16.6. The van der Waals surface area contributed by atoms with E-state index in [1.165, 1.54) is 25.7 Å². The smallest absolute Gasteiger partial charge is 0.410 e. The number of hydrogen-bond donors (Lipinski definition) is 2. The van der Waals surface area contributed by atoms with Crippen LogP contribution in [0.5, 0.6) is 11.5 Å². The fraction of sp³-hybridized carbons (Fsp3) is 0.394. The number of aryl methyl sites for hydroxylation is 2. The van der Waals surface area contributed by atoms with Gasteiger partial charge in [-0.3, -0.25) is 10.6 Å². The monoisotopic (exact) mass is 530 g/mol. The Hall–Kier alpha value is -3.80. The molecule has 0 aliphatic heterocycles. The van der Waals surface area contributed by atoms with Gasteiger partial charge in [-0.05, 0) is 54.5 Å². The Bertz CT molecular complexity index is 1080. The minimum atomic E-state index is -0.834. The number of benzene rings is 3. The molecule has 6 nitrogen and oxygen atoms in total. The van der Waals surface area contributed by atoms with Crippen LogP contribution >= 0.6 is 0 Å². The second-order valence-corrected chi connectivity index (χ2v) is 9.75. The zero-order chi connectivity index (χ0) is 27.7. The molecule has 0 unspecified atom stereocenters. The lowest BCUT2D eigenvalue weighted by Gasteiger charge is -2.21. The average molecular weight is 531 g/mol. The van der Waals surface area contributed by atoms with Gasteiger partial charge < -0.3 is 9.47 Å². The van der Waals surface area contributed by atoms with Crippen LogP contribution in [0.1, 0.15) is 88.1 Å². The van der Waals surface area contributed by atoms with Crippen LogP contribution in [0.25, 0.3) is 0 Å². The zero-order valence-electron chi connectivity index (χ0n) is 23.3. The molecule has 0 saturated carbocycles. The summed E-state index contributed by atoms with van der Waals surface area (Å²) in [5.74, 6) is 1.05. The highest BCUT2D eigenvalue weighted by Gasteiger charge is 2.20. The van der Waals surface area contributed by atoms with Crippen molar-refractivity contribution in [2.24, 2.45) is 0 Å². The van der Waals surface area contributed by atoms with Crippen LogP contribution in [0.15, 0.2) is 78.9 Å². The largest absolute Gasteiger partial charge is 0.414 e. The fourth-order valence-electron chi connectivity index (χ4n) is 4.45. The maximum atomic E-state index is 13.0. The summed E-state index contributed by atoms with van der Waals surface area (Å²) in [7, 11) is 0. The molecular formula is C33H42N2O4. The van der Waals surface area contributed by atoms with Crippen LogP contribution in [0.4, 0.5) is 9.59 Å². The molecule has 39 heavy (non-hydrogen) atoms. The summed E-state index contributed by atoms with van der Waals surface area (Å²) in [6, 6.07) is 24.4. The number of rotatable bonds is 15. The van der Waals surface area contributed by atoms with Crippen molar-refractivity contribution in [1.82, 2.24) is 10.6 Å². The minimum Gasteiger partial charge on any atom is -0.410 e. The lowest BCUT2D eigenvalue weighted by molar-refractivity contribution is 0.182. The number of carbonyl (C=O) groups excluding carboxylic acids is 2. The lowest BCUT2D eigenvalue weighted by atomic mass is 10.1. The normalized spacial score (nSPS) is 10.7. The molecule has 0 aliphatic rings. The quantitative estimate of drug-likeness (QED) is 0.152. The third-order valence-corrected chi connectivity index (χ3v) is 6.61. The molecule has 0 spiro atoms. The van der Waals surface area contributed by atoms with Crippen LogP contribution < -0.4 is 20.1 Å². The van der Waals surface area contributed by atoms with Crippen molar-refractivity contribution < 1.29 is 19.1 Å². The van der Waals surface area contributed by atoms with Crippen molar-refractivity contribution in [3.8, 4) is 11.5 Å². The van der Waals surface area contributed by atoms with Gasteiger partial charge in [-0.15, -0.1) is 0 Å². The van der Waals surface area contributed by atoms with Gasteiger partial charge in [0, 0.05) is 0 Å². The van der Waals surface area contributed by atoms with Crippen LogP contribution in [0.3, 0.4) is 0 Å². The van der Waals surface area contributed by atoms with E-state index in [2.05, 4.69) is 24.5 Å².